The maximum atomic E-state index is 12.4. The molecule has 1 N–H and O–H groups in total. The van der Waals surface area contributed by atoms with Crippen molar-refractivity contribution in [3.8, 4) is 5.75 Å². The number of nitrogens with one attached hydrogen (secondary N) is 1. The second-order valence-electron chi connectivity index (χ2n) is 5.89. The highest BCUT2D eigenvalue weighted by molar-refractivity contribution is 5.79. The Morgan fingerprint density at radius 1 is 1.33 bits per heavy atom. The van der Waals surface area contributed by atoms with Gasteiger partial charge in [0.15, 0.2) is 0 Å². The lowest BCUT2D eigenvalue weighted by Crippen LogP contribution is -2.50. The summed E-state index contributed by atoms with van der Waals surface area (Å²) in [6.45, 7) is 5.37. The smallest absolute Gasteiger partial charge is 0.237 e. The van der Waals surface area contributed by atoms with E-state index in [1.54, 1.807) is 7.11 Å². The molecule has 0 spiro atoms. The number of carbonyl (C=O) groups is 1. The maximum Gasteiger partial charge on any atom is 0.237 e. The van der Waals surface area contributed by atoms with Gasteiger partial charge in [-0.1, -0.05) is 12.1 Å². The summed E-state index contributed by atoms with van der Waals surface area (Å²) in [5.41, 5.74) is 1.13. The summed E-state index contributed by atoms with van der Waals surface area (Å²) in [6, 6.07) is 8.63. The largest absolute Gasteiger partial charge is 0.497 e. The SMILES string of the molecule is COc1cccc(CNCC(=O)N2[C@H](C)CCC[C@H]2C)c1. The topological polar surface area (TPSA) is 41.6 Å². The van der Waals surface area contributed by atoms with Gasteiger partial charge in [0.25, 0.3) is 0 Å². The molecule has 1 heterocycles. The van der Waals surface area contributed by atoms with Crippen LogP contribution in [-0.2, 0) is 11.3 Å². The molecule has 116 valence electrons. The van der Waals surface area contributed by atoms with Gasteiger partial charge in [0.05, 0.1) is 13.7 Å². The fourth-order valence-corrected chi connectivity index (χ4v) is 3.10. The Labute approximate surface area is 127 Å². The molecule has 4 nitrogen and oxygen atoms in total. The third kappa shape index (κ3) is 4.21. The number of nitrogens with zero attached hydrogens (tertiary/aromatic N) is 1. The van der Waals surface area contributed by atoms with Crippen LogP contribution in [0.15, 0.2) is 24.3 Å². The van der Waals surface area contributed by atoms with E-state index in [2.05, 4.69) is 19.2 Å². The first-order chi connectivity index (χ1) is 10.1. The lowest BCUT2D eigenvalue weighted by molar-refractivity contribution is -0.136. The lowest BCUT2D eigenvalue weighted by Gasteiger charge is -2.39. The summed E-state index contributed by atoms with van der Waals surface area (Å²) < 4.78 is 5.20. The molecule has 2 rings (SSSR count). The molecule has 0 unspecified atom stereocenters. The minimum Gasteiger partial charge on any atom is -0.497 e. The predicted molar refractivity (Wildman–Crippen MR) is 84.3 cm³/mol. The number of methoxy groups -OCH3 is 1. The highest BCUT2D eigenvalue weighted by atomic mass is 16.5. The molecule has 2 atom stereocenters. The Kier molecular flexibility index (Phi) is 5.62. The lowest BCUT2D eigenvalue weighted by atomic mass is 9.97. The fraction of sp³-hybridized carbons (Fsp3) is 0.588. The molecular weight excluding hydrogens is 264 g/mol. The van der Waals surface area contributed by atoms with Gasteiger partial charge in [-0.25, -0.2) is 0 Å². The molecule has 0 saturated carbocycles. The van der Waals surface area contributed by atoms with E-state index in [0.29, 0.717) is 25.2 Å². The first kappa shape index (κ1) is 15.8. The van der Waals surface area contributed by atoms with Crippen LogP contribution in [0.3, 0.4) is 0 Å². The van der Waals surface area contributed by atoms with Crippen molar-refractivity contribution in [2.75, 3.05) is 13.7 Å². The molecule has 1 amide bonds. The minimum absolute atomic E-state index is 0.206. The van der Waals surface area contributed by atoms with Crippen LogP contribution in [0, 0.1) is 0 Å². The zero-order valence-electron chi connectivity index (χ0n) is 13.3. The van der Waals surface area contributed by atoms with Gasteiger partial charge in [0.1, 0.15) is 5.75 Å². The highest BCUT2D eigenvalue weighted by Gasteiger charge is 2.28. The number of rotatable bonds is 5. The van der Waals surface area contributed by atoms with E-state index >= 15 is 0 Å². The Morgan fingerprint density at radius 2 is 2.05 bits per heavy atom. The van der Waals surface area contributed by atoms with Crippen molar-refractivity contribution < 1.29 is 9.53 Å². The van der Waals surface area contributed by atoms with Crippen LogP contribution < -0.4 is 10.1 Å². The Hall–Kier alpha value is -1.55. The third-order valence-electron chi connectivity index (χ3n) is 4.22. The predicted octanol–water partition coefficient (Wildman–Crippen LogP) is 2.57. The van der Waals surface area contributed by atoms with E-state index in [1.165, 1.54) is 6.42 Å². The first-order valence-corrected chi connectivity index (χ1v) is 7.76. The van der Waals surface area contributed by atoms with Crippen LogP contribution in [0.5, 0.6) is 5.75 Å². The summed E-state index contributed by atoms with van der Waals surface area (Å²) in [7, 11) is 1.66. The summed E-state index contributed by atoms with van der Waals surface area (Å²) in [6.07, 6.45) is 3.46. The maximum absolute atomic E-state index is 12.4. The van der Waals surface area contributed by atoms with Gasteiger partial charge in [-0.2, -0.15) is 0 Å². The van der Waals surface area contributed by atoms with Gasteiger partial charge in [0, 0.05) is 18.6 Å². The van der Waals surface area contributed by atoms with Gasteiger partial charge in [-0.3, -0.25) is 4.79 Å². The quantitative estimate of drug-likeness (QED) is 0.906. The zero-order chi connectivity index (χ0) is 15.2. The molecule has 1 aliphatic heterocycles. The van der Waals surface area contributed by atoms with Crippen LogP contribution >= 0.6 is 0 Å². The number of hydrogen-bond acceptors (Lipinski definition) is 3. The average Bonchev–Trinajstić information content (AvgIpc) is 2.47. The first-order valence-electron chi connectivity index (χ1n) is 7.76. The van der Waals surface area contributed by atoms with Gasteiger partial charge in [0.2, 0.25) is 5.91 Å². The van der Waals surface area contributed by atoms with Crippen LogP contribution in [0.4, 0.5) is 0 Å². The number of hydrogen-bond donors (Lipinski definition) is 1. The van der Waals surface area contributed by atoms with E-state index in [4.69, 9.17) is 4.74 Å². The van der Waals surface area contributed by atoms with Crippen molar-refractivity contribution in [3.63, 3.8) is 0 Å². The molecule has 1 aromatic rings. The third-order valence-corrected chi connectivity index (χ3v) is 4.22. The summed E-state index contributed by atoms with van der Waals surface area (Å²) in [4.78, 5) is 14.4. The second-order valence-corrected chi connectivity index (χ2v) is 5.89. The van der Waals surface area contributed by atoms with Crippen molar-refractivity contribution in [2.45, 2.75) is 51.7 Å². The number of benzene rings is 1. The Balaban J connectivity index is 1.83. The summed E-state index contributed by atoms with van der Waals surface area (Å²) in [5.74, 6) is 1.05. The standard InChI is InChI=1S/C17H26N2O2/c1-13-6-4-7-14(2)19(13)17(20)12-18-11-15-8-5-9-16(10-15)21-3/h5,8-10,13-14,18H,4,6-7,11-12H2,1-3H3/t13-,14-/m1/s1. The van der Waals surface area contributed by atoms with E-state index < -0.39 is 0 Å². The molecule has 21 heavy (non-hydrogen) atoms. The van der Waals surface area contributed by atoms with Crippen molar-refractivity contribution in [1.82, 2.24) is 10.2 Å². The molecule has 1 saturated heterocycles. The molecule has 0 aliphatic carbocycles. The van der Waals surface area contributed by atoms with Crippen LogP contribution in [0.1, 0.15) is 38.7 Å². The van der Waals surface area contributed by atoms with Crippen molar-refractivity contribution in [3.05, 3.63) is 29.8 Å². The summed E-state index contributed by atoms with van der Waals surface area (Å²) >= 11 is 0. The van der Waals surface area contributed by atoms with Gasteiger partial charge in [-0.15, -0.1) is 0 Å². The zero-order valence-corrected chi connectivity index (χ0v) is 13.3. The fourth-order valence-electron chi connectivity index (χ4n) is 3.10. The number of ether oxygens (including phenoxy) is 1. The average molecular weight is 290 g/mol. The molecular formula is C17H26N2O2. The van der Waals surface area contributed by atoms with Crippen molar-refractivity contribution >= 4 is 5.91 Å². The molecule has 4 heteroatoms. The molecule has 1 fully saturated rings. The minimum atomic E-state index is 0.206. The van der Waals surface area contributed by atoms with Crippen molar-refractivity contribution in [2.24, 2.45) is 0 Å². The number of likely N-dealkylation sites (tertiary alicyclic amines) is 1. The molecule has 1 aliphatic rings. The number of amides is 1. The van der Waals surface area contributed by atoms with Gasteiger partial charge in [-0.05, 0) is 50.8 Å². The van der Waals surface area contributed by atoms with E-state index in [9.17, 15) is 4.79 Å². The number of piperidine rings is 1. The molecule has 1 aromatic carbocycles. The van der Waals surface area contributed by atoms with Crippen molar-refractivity contribution in [1.29, 1.82) is 0 Å². The highest BCUT2D eigenvalue weighted by Crippen LogP contribution is 2.22. The molecule has 0 aromatic heterocycles. The van der Waals surface area contributed by atoms with Crippen LogP contribution in [0.2, 0.25) is 0 Å². The van der Waals surface area contributed by atoms with Gasteiger partial charge < -0.3 is 15.0 Å². The molecule has 0 radical (unpaired) electrons. The monoisotopic (exact) mass is 290 g/mol. The number of carbonyl (C=O) groups excluding carboxylic acids is 1. The molecule has 0 bridgehead atoms. The second kappa shape index (κ2) is 7.46. The van der Waals surface area contributed by atoms with E-state index in [-0.39, 0.29) is 5.91 Å². The van der Waals surface area contributed by atoms with E-state index in [0.717, 1.165) is 24.2 Å². The van der Waals surface area contributed by atoms with Crippen LogP contribution in [-0.4, -0.2) is 36.5 Å². The van der Waals surface area contributed by atoms with Crippen LogP contribution in [0.25, 0.3) is 0 Å². The Morgan fingerprint density at radius 3 is 2.71 bits per heavy atom. The van der Waals surface area contributed by atoms with Gasteiger partial charge >= 0.3 is 0 Å². The Bertz CT molecular complexity index is 466. The normalized spacial score (nSPS) is 22.1. The summed E-state index contributed by atoms with van der Waals surface area (Å²) in [5, 5.41) is 3.24. The van der Waals surface area contributed by atoms with E-state index in [1.807, 2.05) is 29.2 Å².